The van der Waals surface area contributed by atoms with Crippen LogP contribution in [0.5, 0.6) is 0 Å². The molecule has 2 N–H and O–H groups in total. The lowest BCUT2D eigenvalue weighted by Gasteiger charge is -2.35. The van der Waals surface area contributed by atoms with Crippen LogP contribution in [-0.4, -0.2) is 30.3 Å². The highest BCUT2D eigenvalue weighted by Gasteiger charge is 2.54. The molecular weight excluding hydrogens is 289 g/mol. The highest BCUT2D eigenvalue weighted by atomic mass is 32.2. The number of nitrogens with zero attached hydrogens (tertiary/aromatic N) is 1. The van der Waals surface area contributed by atoms with Gasteiger partial charge in [-0.2, -0.15) is 0 Å². The van der Waals surface area contributed by atoms with Crippen molar-refractivity contribution in [3.63, 3.8) is 0 Å². The molecule has 3 rings (SSSR count). The van der Waals surface area contributed by atoms with Gasteiger partial charge in [-0.25, -0.2) is 18.2 Å². The van der Waals surface area contributed by atoms with Gasteiger partial charge in [0.25, 0.3) is 0 Å². The van der Waals surface area contributed by atoms with Crippen molar-refractivity contribution in [1.29, 1.82) is 0 Å². The molecule has 0 saturated carbocycles. The molecule has 1 saturated heterocycles. The lowest BCUT2D eigenvalue weighted by molar-refractivity contribution is 0.0721. The van der Waals surface area contributed by atoms with E-state index in [0.29, 0.717) is 10.9 Å². The number of hydrogen-bond donors (Lipinski definition) is 1. The summed E-state index contributed by atoms with van der Waals surface area (Å²) in [5.74, 6) is -1.19. The maximum atomic E-state index is 14.1. The molecule has 2 aliphatic rings. The third-order valence-corrected chi connectivity index (χ3v) is 4.76. The van der Waals surface area contributed by atoms with Gasteiger partial charge in [0.2, 0.25) is 0 Å². The van der Waals surface area contributed by atoms with Crippen molar-refractivity contribution in [3.8, 4) is 0 Å². The second-order valence-electron chi connectivity index (χ2n) is 4.92. The summed E-state index contributed by atoms with van der Waals surface area (Å²) in [5.41, 5.74) is 4.91. The molecule has 1 aromatic carbocycles. The van der Waals surface area contributed by atoms with Crippen LogP contribution in [0, 0.1) is 17.6 Å². The summed E-state index contributed by atoms with van der Waals surface area (Å²) in [6.07, 6.45) is -0.635. The number of alkyl halides is 1. The molecule has 0 bridgehead atoms. The average Bonchev–Trinajstić information content (AvgIpc) is 2.77. The molecule has 20 heavy (non-hydrogen) atoms. The van der Waals surface area contributed by atoms with Gasteiger partial charge in [-0.1, -0.05) is 17.8 Å². The molecule has 7 heteroatoms. The summed E-state index contributed by atoms with van der Waals surface area (Å²) in [5, 5.41) is 0.313. The number of rotatable bonds is 2. The predicted octanol–water partition coefficient (Wildman–Crippen LogP) is 2.21. The van der Waals surface area contributed by atoms with Crippen LogP contribution in [0.3, 0.4) is 0 Å². The second kappa shape index (κ2) is 4.96. The molecule has 0 spiro atoms. The molecule has 2 heterocycles. The van der Waals surface area contributed by atoms with Crippen LogP contribution in [0.25, 0.3) is 0 Å². The Balaban J connectivity index is 2.13. The molecule has 0 aliphatic carbocycles. The van der Waals surface area contributed by atoms with E-state index in [-0.39, 0.29) is 18.1 Å². The van der Waals surface area contributed by atoms with Crippen LogP contribution >= 0.6 is 11.8 Å². The summed E-state index contributed by atoms with van der Waals surface area (Å²) in [6, 6.07) is 3.31. The van der Waals surface area contributed by atoms with Gasteiger partial charge in [0.15, 0.2) is 5.17 Å². The zero-order valence-electron chi connectivity index (χ0n) is 10.5. The van der Waals surface area contributed by atoms with E-state index in [1.165, 1.54) is 23.9 Å². The van der Waals surface area contributed by atoms with E-state index >= 15 is 0 Å². The molecule has 3 nitrogen and oxygen atoms in total. The highest BCUT2D eigenvalue weighted by molar-refractivity contribution is 8.13. The Kier molecular flexibility index (Phi) is 3.41. The zero-order chi connectivity index (χ0) is 14.3. The fourth-order valence-electron chi connectivity index (χ4n) is 2.86. The van der Waals surface area contributed by atoms with Crippen LogP contribution in [0.1, 0.15) is 5.56 Å². The number of amidine groups is 1. The molecular formula is C13H13F3N2OS. The number of fused-ring (bicyclic) bond motifs is 1. The van der Waals surface area contributed by atoms with Crippen LogP contribution in [0.4, 0.5) is 13.2 Å². The van der Waals surface area contributed by atoms with Gasteiger partial charge in [0, 0.05) is 23.3 Å². The van der Waals surface area contributed by atoms with E-state index in [4.69, 9.17) is 10.5 Å². The number of nitrogens with two attached hydrogens (primary N) is 1. The Labute approximate surface area is 118 Å². The SMILES string of the molecule is NC1=N[C@@]2(c3ccc(F)cc3F)CO[C@H](CF)[C@H]2CS1. The number of halogens is 3. The standard InChI is InChI=1S/C13H13F3N2OS/c14-4-11-9-5-20-12(17)18-13(9,6-19-11)8-2-1-7(15)3-10(8)16/h1-3,9,11H,4-6H2,(H2,17,18)/t9-,11-,13-/m1/s1. The predicted molar refractivity (Wildman–Crippen MR) is 71.3 cm³/mol. The summed E-state index contributed by atoms with van der Waals surface area (Å²) in [7, 11) is 0. The third kappa shape index (κ3) is 2.00. The minimum Gasteiger partial charge on any atom is -0.379 e. The summed E-state index contributed by atoms with van der Waals surface area (Å²) < 4.78 is 45.7. The second-order valence-corrected chi connectivity index (χ2v) is 5.96. The number of ether oxygens (including phenoxy) is 1. The molecule has 0 radical (unpaired) electrons. The van der Waals surface area contributed by atoms with Crippen molar-refractivity contribution in [2.24, 2.45) is 16.6 Å². The van der Waals surface area contributed by atoms with Crippen molar-refractivity contribution in [1.82, 2.24) is 0 Å². The molecule has 0 aromatic heterocycles. The Hall–Kier alpha value is -1.21. The number of hydrogen-bond acceptors (Lipinski definition) is 4. The summed E-state index contributed by atoms with van der Waals surface area (Å²) in [6.45, 7) is -0.610. The van der Waals surface area contributed by atoms with Gasteiger partial charge in [0.1, 0.15) is 23.8 Å². The largest absolute Gasteiger partial charge is 0.379 e. The fraction of sp³-hybridized carbons (Fsp3) is 0.462. The molecule has 0 amide bonds. The van der Waals surface area contributed by atoms with E-state index in [9.17, 15) is 13.2 Å². The Morgan fingerprint density at radius 3 is 2.95 bits per heavy atom. The van der Waals surface area contributed by atoms with Crippen LogP contribution in [0.15, 0.2) is 23.2 Å². The first-order valence-corrected chi connectivity index (χ1v) is 7.16. The van der Waals surface area contributed by atoms with E-state index < -0.39 is 30.0 Å². The van der Waals surface area contributed by atoms with Crippen molar-refractivity contribution in [2.45, 2.75) is 11.6 Å². The maximum absolute atomic E-state index is 14.1. The van der Waals surface area contributed by atoms with Crippen LogP contribution in [0.2, 0.25) is 0 Å². The molecule has 1 aromatic rings. The Morgan fingerprint density at radius 1 is 1.45 bits per heavy atom. The maximum Gasteiger partial charge on any atom is 0.154 e. The van der Waals surface area contributed by atoms with Crippen molar-refractivity contribution >= 4 is 16.9 Å². The van der Waals surface area contributed by atoms with Crippen molar-refractivity contribution in [2.75, 3.05) is 19.0 Å². The quantitative estimate of drug-likeness (QED) is 0.911. The summed E-state index contributed by atoms with van der Waals surface area (Å²) in [4.78, 5) is 4.34. The Bertz CT molecular complexity index is 569. The van der Waals surface area contributed by atoms with Crippen molar-refractivity contribution < 1.29 is 17.9 Å². The van der Waals surface area contributed by atoms with E-state index in [2.05, 4.69) is 4.99 Å². The molecule has 108 valence electrons. The van der Waals surface area contributed by atoms with E-state index in [0.717, 1.165) is 6.07 Å². The minimum atomic E-state index is -1.05. The highest BCUT2D eigenvalue weighted by Crippen LogP contribution is 2.48. The molecule has 3 atom stereocenters. The van der Waals surface area contributed by atoms with Gasteiger partial charge in [-0.3, -0.25) is 0 Å². The minimum absolute atomic E-state index is 0.0517. The fourth-order valence-corrected chi connectivity index (χ4v) is 3.93. The van der Waals surface area contributed by atoms with Gasteiger partial charge >= 0.3 is 0 Å². The third-order valence-electron chi connectivity index (χ3n) is 3.85. The number of aliphatic imine (C=N–C) groups is 1. The lowest BCUT2D eigenvalue weighted by atomic mass is 9.79. The van der Waals surface area contributed by atoms with Crippen molar-refractivity contribution in [3.05, 3.63) is 35.4 Å². The normalized spacial score (nSPS) is 32.9. The molecule has 2 aliphatic heterocycles. The first-order valence-electron chi connectivity index (χ1n) is 6.18. The van der Waals surface area contributed by atoms with Gasteiger partial charge in [-0.05, 0) is 6.07 Å². The summed E-state index contributed by atoms with van der Waals surface area (Å²) >= 11 is 1.30. The van der Waals surface area contributed by atoms with Crippen LogP contribution in [-0.2, 0) is 10.3 Å². The van der Waals surface area contributed by atoms with E-state index in [1.54, 1.807) is 0 Å². The van der Waals surface area contributed by atoms with Gasteiger partial charge in [-0.15, -0.1) is 0 Å². The monoisotopic (exact) mass is 302 g/mol. The first kappa shape index (κ1) is 13.8. The lowest BCUT2D eigenvalue weighted by Crippen LogP contribution is -2.42. The molecule has 1 fully saturated rings. The first-order chi connectivity index (χ1) is 9.56. The van der Waals surface area contributed by atoms with E-state index in [1.807, 2.05) is 0 Å². The number of benzene rings is 1. The zero-order valence-corrected chi connectivity index (χ0v) is 11.3. The van der Waals surface area contributed by atoms with Crippen LogP contribution < -0.4 is 5.73 Å². The Morgan fingerprint density at radius 2 is 2.25 bits per heavy atom. The van der Waals surface area contributed by atoms with Gasteiger partial charge < -0.3 is 10.5 Å². The number of thioether (sulfide) groups is 1. The molecule has 0 unspecified atom stereocenters. The topological polar surface area (TPSA) is 47.6 Å². The van der Waals surface area contributed by atoms with Gasteiger partial charge in [0.05, 0.1) is 12.7 Å². The smallest absolute Gasteiger partial charge is 0.154 e. The average molecular weight is 302 g/mol.